The molecule has 1 saturated carbocycles. The van der Waals surface area contributed by atoms with E-state index in [1.807, 2.05) is 0 Å². The Hall–Kier alpha value is 0.340. The molecule has 0 bridgehead atoms. The summed E-state index contributed by atoms with van der Waals surface area (Å²) in [5.41, 5.74) is -0.870. The summed E-state index contributed by atoms with van der Waals surface area (Å²) >= 11 is 10.0. The predicted molar refractivity (Wildman–Crippen MR) is 71.0 cm³/mol. The highest BCUT2D eigenvalue weighted by Gasteiger charge is 2.35. The number of sulfonamides is 1. The monoisotopic (exact) mass is 359 g/mol. The molecule has 0 atom stereocenters. The van der Waals surface area contributed by atoms with Gasteiger partial charge in [0.05, 0.1) is 14.4 Å². The zero-order valence-electron chi connectivity index (χ0n) is 8.74. The largest absolute Gasteiger partial charge is 0.389 e. The number of halogens is 2. The molecule has 0 radical (unpaired) electrons. The van der Waals surface area contributed by atoms with Crippen molar-refractivity contribution >= 4 is 48.9 Å². The van der Waals surface area contributed by atoms with E-state index >= 15 is 0 Å². The molecule has 96 valence electrons. The fraction of sp³-hybridized carbons (Fsp3) is 0.556. The molecule has 0 aliphatic heterocycles. The molecule has 1 aliphatic rings. The number of rotatable bonds is 4. The van der Waals surface area contributed by atoms with Gasteiger partial charge in [0.15, 0.2) is 0 Å². The van der Waals surface area contributed by atoms with Gasteiger partial charge in [-0.15, -0.1) is 11.3 Å². The number of hydrogen-bond acceptors (Lipinski definition) is 4. The van der Waals surface area contributed by atoms with Crippen LogP contribution in [0.4, 0.5) is 0 Å². The van der Waals surface area contributed by atoms with Crippen LogP contribution in [0.25, 0.3) is 0 Å². The third-order valence-corrected chi connectivity index (χ3v) is 7.11. The molecule has 0 amide bonds. The lowest BCUT2D eigenvalue weighted by Crippen LogP contribution is -2.47. The third-order valence-electron chi connectivity index (χ3n) is 2.76. The normalized spacial score (nSPS) is 19.0. The van der Waals surface area contributed by atoms with Crippen molar-refractivity contribution in [1.29, 1.82) is 0 Å². The maximum absolute atomic E-state index is 11.9. The number of aliphatic hydroxyl groups is 1. The van der Waals surface area contributed by atoms with Crippen molar-refractivity contribution in [2.24, 2.45) is 0 Å². The molecular formula is C9H11BrClNO3S2. The van der Waals surface area contributed by atoms with E-state index in [9.17, 15) is 13.5 Å². The van der Waals surface area contributed by atoms with Crippen molar-refractivity contribution in [2.45, 2.75) is 29.1 Å². The molecule has 0 unspecified atom stereocenters. The highest BCUT2D eigenvalue weighted by molar-refractivity contribution is 9.11. The van der Waals surface area contributed by atoms with E-state index in [0.29, 0.717) is 21.7 Å². The maximum atomic E-state index is 11.9. The molecule has 0 spiro atoms. The number of nitrogens with one attached hydrogen (secondary N) is 1. The molecule has 4 nitrogen and oxygen atoms in total. The Bertz CT molecular complexity index is 505. The third kappa shape index (κ3) is 3.02. The summed E-state index contributed by atoms with van der Waals surface area (Å²) in [6.45, 7) is 0.0580. The fourth-order valence-electron chi connectivity index (χ4n) is 1.52. The molecule has 0 aromatic carbocycles. The van der Waals surface area contributed by atoms with Crippen LogP contribution in [0.1, 0.15) is 19.3 Å². The van der Waals surface area contributed by atoms with Crippen molar-refractivity contribution in [2.75, 3.05) is 6.54 Å². The van der Waals surface area contributed by atoms with Crippen LogP contribution in [0.3, 0.4) is 0 Å². The van der Waals surface area contributed by atoms with Gasteiger partial charge in [0.2, 0.25) is 10.0 Å². The molecule has 1 fully saturated rings. The van der Waals surface area contributed by atoms with Gasteiger partial charge >= 0.3 is 0 Å². The predicted octanol–water partition coefficient (Wildman–Crippen LogP) is 2.36. The van der Waals surface area contributed by atoms with Gasteiger partial charge in [-0.05, 0) is 41.3 Å². The minimum absolute atomic E-state index is 0.0580. The average Bonchev–Trinajstić information content (AvgIpc) is 2.54. The molecule has 8 heteroatoms. The van der Waals surface area contributed by atoms with E-state index in [1.165, 1.54) is 6.07 Å². The van der Waals surface area contributed by atoms with Gasteiger partial charge in [-0.3, -0.25) is 0 Å². The molecule has 1 aliphatic carbocycles. The molecule has 1 aromatic rings. The van der Waals surface area contributed by atoms with Gasteiger partial charge in [-0.25, -0.2) is 13.1 Å². The van der Waals surface area contributed by atoms with Crippen LogP contribution < -0.4 is 4.72 Å². The van der Waals surface area contributed by atoms with Gasteiger partial charge in [0.25, 0.3) is 0 Å². The fourth-order valence-corrected chi connectivity index (χ4v) is 5.08. The van der Waals surface area contributed by atoms with Crippen molar-refractivity contribution in [3.05, 3.63) is 14.9 Å². The van der Waals surface area contributed by atoms with Gasteiger partial charge in [-0.1, -0.05) is 11.6 Å². The summed E-state index contributed by atoms with van der Waals surface area (Å²) in [5.74, 6) is 0. The van der Waals surface area contributed by atoms with Crippen molar-refractivity contribution in [3.8, 4) is 0 Å². The molecule has 0 saturated heterocycles. The summed E-state index contributed by atoms with van der Waals surface area (Å²) < 4.78 is 26.9. The van der Waals surface area contributed by atoms with Crippen molar-refractivity contribution in [1.82, 2.24) is 4.72 Å². The van der Waals surface area contributed by atoms with E-state index in [4.69, 9.17) is 11.6 Å². The second-order valence-corrected chi connectivity index (χ2v) is 8.86. The summed E-state index contributed by atoms with van der Waals surface area (Å²) in [5, 5.41) is 10.2. The van der Waals surface area contributed by atoms with Gasteiger partial charge < -0.3 is 5.11 Å². The van der Waals surface area contributed by atoms with Crippen molar-refractivity contribution in [3.63, 3.8) is 0 Å². The van der Waals surface area contributed by atoms with Gasteiger partial charge in [-0.2, -0.15) is 0 Å². The first kappa shape index (κ1) is 13.8. The maximum Gasteiger partial charge on any atom is 0.250 e. The Morgan fingerprint density at radius 2 is 2.24 bits per heavy atom. The van der Waals surface area contributed by atoms with E-state index in [-0.39, 0.29) is 10.8 Å². The second kappa shape index (κ2) is 4.79. The van der Waals surface area contributed by atoms with Crippen LogP contribution in [0.2, 0.25) is 5.02 Å². The zero-order chi connectivity index (χ0) is 12.7. The highest BCUT2D eigenvalue weighted by Crippen LogP contribution is 2.35. The minimum Gasteiger partial charge on any atom is -0.389 e. The van der Waals surface area contributed by atoms with Crippen molar-refractivity contribution < 1.29 is 13.5 Å². The average molecular weight is 361 g/mol. The summed E-state index contributed by atoms with van der Waals surface area (Å²) in [6, 6.07) is 1.39. The van der Waals surface area contributed by atoms with Gasteiger partial charge in [0.1, 0.15) is 4.21 Å². The molecule has 17 heavy (non-hydrogen) atoms. The Labute approximate surface area is 117 Å². The Balaban J connectivity index is 2.08. The first-order valence-corrected chi connectivity index (χ1v) is 8.46. The molecule has 1 heterocycles. The molecular weight excluding hydrogens is 350 g/mol. The lowest BCUT2D eigenvalue weighted by molar-refractivity contribution is -0.0270. The van der Waals surface area contributed by atoms with E-state index < -0.39 is 15.6 Å². The van der Waals surface area contributed by atoms with Crippen LogP contribution in [0.5, 0.6) is 0 Å². The first-order valence-electron chi connectivity index (χ1n) is 4.99. The Morgan fingerprint density at radius 3 is 2.65 bits per heavy atom. The van der Waals surface area contributed by atoms with Crippen LogP contribution in [-0.2, 0) is 10.0 Å². The lowest BCUT2D eigenvalue weighted by atomic mass is 9.81. The summed E-state index contributed by atoms with van der Waals surface area (Å²) in [7, 11) is -3.58. The topological polar surface area (TPSA) is 66.4 Å². The summed E-state index contributed by atoms with van der Waals surface area (Å²) in [4.78, 5) is 0. The number of thiophene rings is 1. The van der Waals surface area contributed by atoms with Crippen LogP contribution in [0.15, 0.2) is 14.1 Å². The SMILES string of the molecule is O=S(=O)(NCC1(O)CCC1)c1cc(Cl)c(Br)s1. The number of hydrogen-bond donors (Lipinski definition) is 2. The summed E-state index contributed by atoms with van der Waals surface area (Å²) in [6.07, 6.45) is 2.23. The molecule has 1 aromatic heterocycles. The van der Waals surface area contributed by atoms with E-state index in [2.05, 4.69) is 20.7 Å². The van der Waals surface area contributed by atoms with Crippen LogP contribution >= 0.6 is 38.9 Å². The zero-order valence-corrected chi connectivity index (χ0v) is 12.7. The first-order chi connectivity index (χ1) is 7.82. The molecule has 2 rings (SSSR count). The smallest absolute Gasteiger partial charge is 0.250 e. The van der Waals surface area contributed by atoms with Gasteiger partial charge in [0, 0.05) is 6.54 Å². The standard InChI is InChI=1S/C9H11BrClNO3S2/c10-8-6(11)4-7(16-8)17(14,15)12-5-9(13)2-1-3-9/h4,12-13H,1-3,5H2. The quantitative estimate of drug-likeness (QED) is 0.866. The minimum atomic E-state index is -3.58. The van der Waals surface area contributed by atoms with Crippen LogP contribution in [-0.4, -0.2) is 25.7 Å². The van der Waals surface area contributed by atoms with E-state index in [1.54, 1.807) is 0 Å². The molecule has 2 N–H and O–H groups in total. The second-order valence-electron chi connectivity index (χ2n) is 4.09. The Morgan fingerprint density at radius 1 is 1.59 bits per heavy atom. The van der Waals surface area contributed by atoms with E-state index in [0.717, 1.165) is 17.8 Å². The lowest BCUT2D eigenvalue weighted by Gasteiger charge is -2.36. The Kier molecular flexibility index (Phi) is 3.88. The van der Waals surface area contributed by atoms with Crippen LogP contribution in [0, 0.1) is 0 Å². The highest BCUT2D eigenvalue weighted by atomic mass is 79.9.